The van der Waals surface area contributed by atoms with Crippen LogP contribution in [0.4, 0.5) is 9.18 Å². The molecule has 1 fully saturated rings. The normalized spacial score (nSPS) is 16.2. The third-order valence-electron chi connectivity index (χ3n) is 8.17. The summed E-state index contributed by atoms with van der Waals surface area (Å²) < 4.78 is 20.3. The number of piperidine rings is 1. The van der Waals surface area contributed by atoms with Crippen LogP contribution in [0.15, 0.2) is 66.7 Å². The zero-order valence-electron chi connectivity index (χ0n) is 25.1. The molecule has 9 nitrogen and oxygen atoms in total. The van der Waals surface area contributed by atoms with Crippen LogP contribution in [0.25, 0.3) is 11.1 Å². The average molecular weight is 606 g/mol. The highest BCUT2D eigenvalue weighted by atomic mass is 19.1. The molecule has 0 bridgehead atoms. The summed E-state index contributed by atoms with van der Waals surface area (Å²) in [6, 6.07) is 19.2. The largest absolute Gasteiger partial charge is 0.480 e. The summed E-state index contributed by atoms with van der Waals surface area (Å²) in [4.78, 5) is 37.8. The summed E-state index contributed by atoms with van der Waals surface area (Å²) in [7, 11) is 1.28. The molecular weight excluding hydrogens is 565 g/mol. The van der Waals surface area contributed by atoms with Crippen LogP contribution in [0.1, 0.15) is 52.7 Å². The number of aliphatic carboxylic acids is 1. The van der Waals surface area contributed by atoms with Gasteiger partial charge in [-0.15, -0.1) is 0 Å². The van der Waals surface area contributed by atoms with E-state index in [-0.39, 0.29) is 32.0 Å². The summed E-state index contributed by atoms with van der Waals surface area (Å²) >= 11 is 0. The molecule has 2 unspecified atom stereocenters. The number of halogens is 1. The highest BCUT2D eigenvalue weighted by Gasteiger charge is 2.43. The fraction of sp³-hybridized carbons (Fsp3) is 0.382. The van der Waals surface area contributed by atoms with Crippen LogP contribution in [0.3, 0.4) is 0 Å². The molecule has 0 spiro atoms. The minimum atomic E-state index is -1.50. The van der Waals surface area contributed by atoms with E-state index in [1.54, 1.807) is 41.3 Å². The third kappa shape index (κ3) is 8.00. The molecule has 2 amide bonds. The number of amides is 2. The Morgan fingerprint density at radius 2 is 1.84 bits per heavy atom. The Morgan fingerprint density at radius 1 is 1.09 bits per heavy atom. The summed E-state index contributed by atoms with van der Waals surface area (Å²) in [5, 5.41) is 26.9. The maximum Gasteiger partial charge on any atom is 0.406 e. The number of likely N-dealkylation sites (tertiary alicyclic amines) is 1. The van der Waals surface area contributed by atoms with Gasteiger partial charge in [0.1, 0.15) is 5.82 Å². The number of carbonyl (C=O) groups excluding carboxylic acids is 2. The van der Waals surface area contributed by atoms with Gasteiger partial charge < -0.3 is 30.5 Å². The van der Waals surface area contributed by atoms with Crippen molar-refractivity contribution in [1.82, 2.24) is 15.5 Å². The molecular formula is C34H40FN3O6. The maximum atomic E-state index is 15.6. The number of methoxy groups -OCH3 is 1. The first-order valence-corrected chi connectivity index (χ1v) is 14.8. The number of carbonyl (C=O) groups is 3. The van der Waals surface area contributed by atoms with Gasteiger partial charge >= 0.3 is 12.1 Å². The Morgan fingerprint density at radius 3 is 2.55 bits per heavy atom. The van der Waals surface area contributed by atoms with Crippen LogP contribution in [-0.4, -0.2) is 66.4 Å². The summed E-state index contributed by atoms with van der Waals surface area (Å²) in [6.45, 7) is 3.18. The van der Waals surface area contributed by atoms with Crippen LogP contribution in [-0.2, 0) is 21.7 Å². The molecule has 4 N–H and O–H groups in total. The second-order valence-corrected chi connectivity index (χ2v) is 11.3. The first-order chi connectivity index (χ1) is 21.1. The zero-order valence-corrected chi connectivity index (χ0v) is 25.1. The summed E-state index contributed by atoms with van der Waals surface area (Å²) in [5.74, 6) is -1.96. The molecule has 1 aliphatic rings. The van der Waals surface area contributed by atoms with Gasteiger partial charge in [-0.25, -0.2) is 9.18 Å². The highest BCUT2D eigenvalue weighted by molar-refractivity contribution is 5.94. The van der Waals surface area contributed by atoms with E-state index < -0.39 is 29.4 Å². The standard InChI is InChI=1S/C34H40FN3O6/c1-23-7-3-8-26(19-23)31-28(10-4-11-29(31)35)34(43,16-6-17-37-33(42)44-2)27-9-5-18-38(22-27)32(41)25-14-12-24(13-15-25)20-36-21-30(39)40/h3-4,7-8,10-15,19,27,36,43H,5-6,9,16-18,20-22H2,1-2H3,(H,37,42)(H,39,40). The molecule has 3 aromatic carbocycles. The molecule has 234 valence electrons. The number of carboxylic acids is 1. The van der Waals surface area contributed by atoms with E-state index >= 15 is 4.39 Å². The number of rotatable bonds is 12. The van der Waals surface area contributed by atoms with Crippen molar-refractivity contribution >= 4 is 18.0 Å². The quantitative estimate of drug-likeness (QED) is 0.217. The molecule has 0 radical (unpaired) electrons. The molecule has 1 saturated heterocycles. The topological polar surface area (TPSA) is 128 Å². The molecule has 2 atom stereocenters. The third-order valence-corrected chi connectivity index (χ3v) is 8.17. The van der Waals surface area contributed by atoms with Crippen molar-refractivity contribution in [1.29, 1.82) is 0 Å². The molecule has 0 saturated carbocycles. The number of hydrogen-bond donors (Lipinski definition) is 4. The number of hydrogen-bond acceptors (Lipinski definition) is 6. The Hall–Kier alpha value is -4.28. The fourth-order valence-electron chi connectivity index (χ4n) is 5.97. The molecule has 0 aromatic heterocycles. The molecule has 1 heterocycles. The Bertz CT molecular complexity index is 1460. The first kappa shape index (κ1) is 32.6. The zero-order chi connectivity index (χ0) is 31.7. The van der Waals surface area contributed by atoms with E-state index in [1.807, 2.05) is 31.2 Å². The maximum absolute atomic E-state index is 15.6. The van der Waals surface area contributed by atoms with Gasteiger partial charge in [0.25, 0.3) is 5.91 Å². The highest BCUT2D eigenvalue weighted by Crippen LogP contribution is 2.44. The van der Waals surface area contributed by atoms with Crippen molar-refractivity contribution < 1.29 is 33.7 Å². The van der Waals surface area contributed by atoms with Gasteiger partial charge in [0.05, 0.1) is 19.3 Å². The van der Waals surface area contributed by atoms with Crippen molar-refractivity contribution in [3.05, 3.63) is 94.8 Å². The molecule has 4 rings (SSSR count). The van der Waals surface area contributed by atoms with Crippen molar-refractivity contribution in [2.45, 2.75) is 44.8 Å². The van der Waals surface area contributed by atoms with E-state index in [0.717, 1.165) is 11.1 Å². The Kier molecular flexibility index (Phi) is 11.1. The predicted octanol–water partition coefficient (Wildman–Crippen LogP) is 4.85. The van der Waals surface area contributed by atoms with Crippen molar-refractivity contribution in [2.24, 2.45) is 5.92 Å². The second-order valence-electron chi connectivity index (χ2n) is 11.3. The molecule has 10 heteroatoms. The fourth-order valence-corrected chi connectivity index (χ4v) is 5.97. The number of benzene rings is 3. The lowest BCUT2D eigenvalue weighted by molar-refractivity contribution is -0.136. The van der Waals surface area contributed by atoms with Gasteiger partial charge in [-0.2, -0.15) is 0 Å². The number of carboxylic acid groups (broad SMARTS) is 1. The van der Waals surface area contributed by atoms with Crippen LogP contribution >= 0.6 is 0 Å². The minimum absolute atomic E-state index is 0.158. The van der Waals surface area contributed by atoms with Crippen molar-refractivity contribution in [3.8, 4) is 11.1 Å². The number of alkyl carbamates (subject to hydrolysis) is 1. The number of aryl methyl sites for hydroxylation is 1. The average Bonchev–Trinajstić information content (AvgIpc) is 3.02. The lowest BCUT2D eigenvalue weighted by Crippen LogP contribution is -2.48. The van der Waals surface area contributed by atoms with Crippen LogP contribution in [0.2, 0.25) is 0 Å². The summed E-state index contributed by atoms with van der Waals surface area (Å²) in [5.41, 5.74) is 2.24. The van der Waals surface area contributed by atoms with Gasteiger partial charge in [0, 0.05) is 43.2 Å². The summed E-state index contributed by atoms with van der Waals surface area (Å²) in [6.07, 6.45) is 1.34. The van der Waals surface area contributed by atoms with Crippen LogP contribution < -0.4 is 10.6 Å². The molecule has 1 aliphatic heterocycles. The smallest absolute Gasteiger partial charge is 0.406 e. The van der Waals surface area contributed by atoms with Gasteiger partial charge in [-0.1, -0.05) is 54.1 Å². The number of nitrogens with zero attached hydrogens (tertiary/aromatic N) is 1. The van der Waals surface area contributed by atoms with Crippen molar-refractivity contribution in [3.63, 3.8) is 0 Å². The molecule has 0 aliphatic carbocycles. The van der Waals surface area contributed by atoms with Gasteiger partial charge in [-0.3, -0.25) is 9.59 Å². The number of aliphatic hydroxyl groups is 1. The van der Waals surface area contributed by atoms with E-state index in [0.29, 0.717) is 54.6 Å². The second kappa shape index (κ2) is 14.9. The van der Waals surface area contributed by atoms with Crippen LogP contribution in [0.5, 0.6) is 0 Å². The van der Waals surface area contributed by atoms with Crippen LogP contribution in [0, 0.1) is 18.7 Å². The van der Waals surface area contributed by atoms with Crippen molar-refractivity contribution in [2.75, 3.05) is 33.3 Å². The predicted molar refractivity (Wildman–Crippen MR) is 165 cm³/mol. The first-order valence-electron chi connectivity index (χ1n) is 14.8. The Balaban J connectivity index is 1.61. The molecule has 3 aromatic rings. The Labute approximate surface area is 257 Å². The van der Waals surface area contributed by atoms with E-state index in [1.165, 1.54) is 13.2 Å². The molecule has 44 heavy (non-hydrogen) atoms. The lowest BCUT2D eigenvalue weighted by atomic mass is 9.72. The SMILES string of the molecule is COC(=O)NCCCC(O)(c1cccc(F)c1-c1cccc(C)c1)C1CCCN(C(=O)c2ccc(CNCC(=O)O)cc2)C1. The van der Waals surface area contributed by atoms with Gasteiger partial charge in [0.2, 0.25) is 0 Å². The van der Waals surface area contributed by atoms with Gasteiger partial charge in [0.15, 0.2) is 0 Å². The lowest BCUT2D eigenvalue weighted by Gasteiger charge is -2.43. The van der Waals surface area contributed by atoms with E-state index in [2.05, 4.69) is 15.4 Å². The number of ether oxygens (including phenoxy) is 1. The number of nitrogens with one attached hydrogen (secondary N) is 2. The van der Waals surface area contributed by atoms with E-state index in [4.69, 9.17) is 5.11 Å². The van der Waals surface area contributed by atoms with E-state index in [9.17, 15) is 19.5 Å². The van der Waals surface area contributed by atoms with Gasteiger partial charge in [-0.05, 0) is 67.5 Å². The minimum Gasteiger partial charge on any atom is -0.480 e. The monoisotopic (exact) mass is 605 g/mol.